The van der Waals surface area contributed by atoms with Gasteiger partial charge in [-0.1, -0.05) is 13.8 Å². The van der Waals surface area contributed by atoms with E-state index in [1.165, 1.54) is 0 Å². The lowest BCUT2D eigenvalue weighted by molar-refractivity contribution is 0.0697. The molecule has 1 fully saturated rings. The van der Waals surface area contributed by atoms with Gasteiger partial charge in [0.15, 0.2) is 0 Å². The van der Waals surface area contributed by atoms with E-state index in [9.17, 15) is 9.90 Å². The SMILES string of the molecule is CC1CCN(c2ncc(Br)cc2C(=O)O)CC1C. The van der Waals surface area contributed by atoms with Gasteiger partial charge in [-0.15, -0.1) is 0 Å². The van der Waals surface area contributed by atoms with Crippen molar-refractivity contribution in [3.8, 4) is 0 Å². The molecule has 0 saturated carbocycles. The highest BCUT2D eigenvalue weighted by Crippen LogP contribution is 2.29. The Morgan fingerprint density at radius 1 is 1.50 bits per heavy atom. The third kappa shape index (κ3) is 2.66. The lowest BCUT2D eigenvalue weighted by Gasteiger charge is -2.36. The molecule has 2 rings (SSSR count). The molecule has 2 atom stereocenters. The Morgan fingerprint density at radius 3 is 2.83 bits per heavy atom. The number of piperidine rings is 1. The van der Waals surface area contributed by atoms with Crippen LogP contribution in [0.5, 0.6) is 0 Å². The first-order valence-corrected chi connectivity index (χ1v) is 6.92. The van der Waals surface area contributed by atoms with E-state index in [2.05, 4.69) is 39.7 Å². The summed E-state index contributed by atoms with van der Waals surface area (Å²) in [4.78, 5) is 17.6. The molecule has 1 aromatic heterocycles. The topological polar surface area (TPSA) is 53.4 Å². The summed E-state index contributed by atoms with van der Waals surface area (Å²) in [5, 5.41) is 9.25. The van der Waals surface area contributed by atoms with Gasteiger partial charge in [0.05, 0.1) is 0 Å². The minimum atomic E-state index is -0.926. The summed E-state index contributed by atoms with van der Waals surface area (Å²) in [5.74, 6) is 0.908. The molecule has 18 heavy (non-hydrogen) atoms. The summed E-state index contributed by atoms with van der Waals surface area (Å²) in [5.41, 5.74) is 0.270. The molecular formula is C13H17BrN2O2. The summed E-state index contributed by atoms with van der Waals surface area (Å²) in [6.45, 7) is 6.20. The zero-order chi connectivity index (χ0) is 13.3. The zero-order valence-corrected chi connectivity index (χ0v) is 12.1. The van der Waals surface area contributed by atoms with E-state index < -0.39 is 5.97 Å². The van der Waals surface area contributed by atoms with Gasteiger partial charge in [-0.2, -0.15) is 0 Å². The molecule has 2 unspecified atom stereocenters. The first kappa shape index (κ1) is 13.3. The first-order valence-electron chi connectivity index (χ1n) is 6.13. The van der Waals surface area contributed by atoms with Crippen molar-refractivity contribution in [2.75, 3.05) is 18.0 Å². The van der Waals surface area contributed by atoms with E-state index >= 15 is 0 Å². The van der Waals surface area contributed by atoms with Gasteiger partial charge in [0, 0.05) is 23.8 Å². The first-order chi connectivity index (χ1) is 8.49. The fraction of sp³-hybridized carbons (Fsp3) is 0.538. The molecule has 1 N–H and O–H groups in total. The molecular weight excluding hydrogens is 296 g/mol. The number of aromatic carboxylic acids is 1. The Bertz CT molecular complexity index is 464. The summed E-state index contributed by atoms with van der Waals surface area (Å²) < 4.78 is 0.696. The Kier molecular flexibility index (Phi) is 3.90. The predicted octanol–water partition coefficient (Wildman–Crippen LogP) is 3.02. The maximum atomic E-state index is 11.3. The number of hydrogen-bond donors (Lipinski definition) is 1. The van der Waals surface area contributed by atoms with Crippen LogP contribution in [0.25, 0.3) is 0 Å². The number of carboxylic acid groups (broad SMARTS) is 1. The molecule has 1 saturated heterocycles. The zero-order valence-electron chi connectivity index (χ0n) is 10.6. The molecule has 5 heteroatoms. The summed E-state index contributed by atoms with van der Waals surface area (Å²) in [6.07, 6.45) is 2.74. The van der Waals surface area contributed by atoms with E-state index in [-0.39, 0.29) is 5.56 Å². The van der Waals surface area contributed by atoms with Crippen LogP contribution >= 0.6 is 15.9 Å². The number of rotatable bonds is 2. The van der Waals surface area contributed by atoms with Crippen LogP contribution in [0.3, 0.4) is 0 Å². The maximum Gasteiger partial charge on any atom is 0.339 e. The second kappa shape index (κ2) is 5.26. The molecule has 2 heterocycles. The van der Waals surface area contributed by atoms with Crippen LogP contribution < -0.4 is 4.90 Å². The largest absolute Gasteiger partial charge is 0.478 e. The van der Waals surface area contributed by atoms with Gasteiger partial charge < -0.3 is 10.0 Å². The highest BCUT2D eigenvalue weighted by Gasteiger charge is 2.26. The number of nitrogens with zero attached hydrogens (tertiary/aromatic N) is 2. The lowest BCUT2D eigenvalue weighted by Crippen LogP contribution is -2.39. The summed E-state index contributed by atoms with van der Waals surface area (Å²) in [6, 6.07) is 1.62. The van der Waals surface area contributed by atoms with Crippen LogP contribution in [0, 0.1) is 11.8 Å². The molecule has 0 spiro atoms. The maximum absolute atomic E-state index is 11.3. The van der Waals surface area contributed by atoms with Gasteiger partial charge in [-0.3, -0.25) is 0 Å². The van der Waals surface area contributed by atoms with E-state index in [1.54, 1.807) is 12.3 Å². The van der Waals surface area contributed by atoms with Crippen LogP contribution in [0.15, 0.2) is 16.7 Å². The Labute approximate surface area is 115 Å². The molecule has 0 amide bonds. The number of halogens is 1. The molecule has 1 aromatic rings. The Balaban J connectivity index is 2.30. The fourth-order valence-electron chi connectivity index (χ4n) is 2.30. The molecule has 0 aliphatic carbocycles. The number of hydrogen-bond acceptors (Lipinski definition) is 3. The Hall–Kier alpha value is -1.10. The number of carboxylic acids is 1. The van der Waals surface area contributed by atoms with Crippen molar-refractivity contribution in [3.05, 3.63) is 22.3 Å². The highest BCUT2D eigenvalue weighted by atomic mass is 79.9. The van der Waals surface area contributed by atoms with Crippen LogP contribution in [0.2, 0.25) is 0 Å². The van der Waals surface area contributed by atoms with Gasteiger partial charge in [-0.05, 0) is 40.3 Å². The van der Waals surface area contributed by atoms with Crippen LogP contribution in [-0.4, -0.2) is 29.1 Å². The monoisotopic (exact) mass is 312 g/mol. The van der Waals surface area contributed by atoms with E-state index in [1.807, 2.05) is 0 Å². The number of aromatic nitrogens is 1. The fourth-order valence-corrected chi connectivity index (χ4v) is 2.63. The number of anilines is 1. The van der Waals surface area contributed by atoms with E-state index in [0.29, 0.717) is 22.1 Å². The quantitative estimate of drug-likeness (QED) is 0.912. The van der Waals surface area contributed by atoms with Crippen molar-refractivity contribution in [3.63, 3.8) is 0 Å². The smallest absolute Gasteiger partial charge is 0.339 e. The van der Waals surface area contributed by atoms with Gasteiger partial charge in [0.2, 0.25) is 0 Å². The van der Waals surface area contributed by atoms with Crippen LogP contribution in [0.4, 0.5) is 5.82 Å². The third-order valence-corrected chi connectivity index (χ3v) is 4.13. The Morgan fingerprint density at radius 2 is 2.22 bits per heavy atom. The van der Waals surface area contributed by atoms with Gasteiger partial charge in [0.1, 0.15) is 11.4 Å². The average molecular weight is 313 g/mol. The van der Waals surface area contributed by atoms with E-state index in [0.717, 1.165) is 19.5 Å². The molecule has 0 bridgehead atoms. The standard InChI is InChI=1S/C13H17BrN2O2/c1-8-3-4-16(7-9(8)2)12-11(13(17)18)5-10(14)6-15-12/h5-6,8-9H,3-4,7H2,1-2H3,(H,17,18). The molecule has 98 valence electrons. The minimum absolute atomic E-state index is 0.270. The van der Waals surface area contributed by atoms with Gasteiger partial charge in [0.25, 0.3) is 0 Å². The molecule has 1 aliphatic rings. The van der Waals surface area contributed by atoms with Crippen molar-refractivity contribution in [1.29, 1.82) is 0 Å². The van der Waals surface area contributed by atoms with Gasteiger partial charge >= 0.3 is 5.97 Å². The summed E-state index contributed by atoms with van der Waals surface area (Å²) >= 11 is 3.27. The highest BCUT2D eigenvalue weighted by molar-refractivity contribution is 9.10. The summed E-state index contributed by atoms with van der Waals surface area (Å²) in [7, 11) is 0. The van der Waals surface area contributed by atoms with Gasteiger partial charge in [-0.25, -0.2) is 9.78 Å². The van der Waals surface area contributed by atoms with Crippen molar-refractivity contribution >= 4 is 27.7 Å². The van der Waals surface area contributed by atoms with Crippen LogP contribution in [0.1, 0.15) is 30.6 Å². The third-order valence-electron chi connectivity index (χ3n) is 3.70. The van der Waals surface area contributed by atoms with E-state index in [4.69, 9.17) is 0 Å². The second-order valence-electron chi connectivity index (χ2n) is 5.02. The van der Waals surface area contributed by atoms with Crippen molar-refractivity contribution < 1.29 is 9.90 Å². The molecule has 4 nitrogen and oxygen atoms in total. The number of carbonyl (C=O) groups is 1. The lowest BCUT2D eigenvalue weighted by atomic mass is 9.88. The predicted molar refractivity (Wildman–Crippen MR) is 74.1 cm³/mol. The second-order valence-corrected chi connectivity index (χ2v) is 5.93. The number of pyridine rings is 1. The minimum Gasteiger partial charge on any atom is -0.478 e. The van der Waals surface area contributed by atoms with Crippen LogP contribution in [-0.2, 0) is 0 Å². The average Bonchev–Trinajstić information content (AvgIpc) is 2.32. The van der Waals surface area contributed by atoms with Crippen molar-refractivity contribution in [2.24, 2.45) is 11.8 Å². The molecule has 0 aromatic carbocycles. The van der Waals surface area contributed by atoms with Crippen molar-refractivity contribution in [2.45, 2.75) is 20.3 Å². The normalized spacial score (nSPS) is 24.1. The molecule has 1 aliphatic heterocycles. The molecule has 0 radical (unpaired) electrons. The van der Waals surface area contributed by atoms with Crippen molar-refractivity contribution in [1.82, 2.24) is 4.98 Å².